The van der Waals surface area contributed by atoms with Crippen LogP contribution in [0.2, 0.25) is 5.02 Å². The number of aryl methyl sites for hydroxylation is 1. The minimum Gasteiger partial charge on any atom is -0.381 e. The van der Waals surface area contributed by atoms with Crippen LogP contribution in [0.4, 0.5) is 5.69 Å². The summed E-state index contributed by atoms with van der Waals surface area (Å²) in [5, 5.41) is 18.8. The molecule has 0 saturated carbocycles. The van der Waals surface area contributed by atoms with Gasteiger partial charge in [-0.05, 0) is 49.4 Å². The van der Waals surface area contributed by atoms with Crippen molar-refractivity contribution >= 4 is 28.2 Å². The van der Waals surface area contributed by atoms with E-state index in [0.29, 0.717) is 10.6 Å². The Hall–Kier alpha value is -3.23. The number of hydrogen-bond acceptors (Lipinski definition) is 3. The minimum absolute atomic E-state index is 0.207. The molecule has 5 nitrogen and oxygen atoms in total. The zero-order valence-corrected chi connectivity index (χ0v) is 16.5. The fourth-order valence-electron chi connectivity index (χ4n) is 3.36. The van der Waals surface area contributed by atoms with E-state index in [1.54, 1.807) is 12.1 Å². The molecule has 28 heavy (non-hydrogen) atoms. The van der Waals surface area contributed by atoms with E-state index < -0.39 is 0 Å². The van der Waals surface area contributed by atoms with Crippen molar-refractivity contribution in [3.63, 3.8) is 0 Å². The third-order valence-corrected chi connectivity index (χ3v) is 5.10. The Labute approximate surface area is 168 Å². The van der Waals surface area contributed by atoms with Crippen molar-refractivity contribution in [3.8, 4) is 17.3 Å². The summed E-state index contributed by atoms with van der Waals surface area (Å²) < 4.78 is 4.03. The number of halogens is 1. The van der Waals surface area contributed by atoms with E-state index in [-0.39, 0.29) is 6.04 Å². The van der Waals surface area contributed by atoms with Gasteiger partial charge in [0.25, 0.3) is 0 Å². The van der Waals surface area contributed by atoms with Gasteiger partial charge in [-0.15, -0.1) is 0 Å². The Bertz CT molecular complexity index is 1180. The average molecular weight is 390 g/mol. The lowest BCUT2D eigenvalue weighted by Gasteiger charge is -2.15. The highest BCUT2D eigenvalue weighted by Gasteiger charge is 2.09. The van der Waals surface area contributed by atoms with Gasteiger partial charge < -0.3 is 9.88 Å². The van der Waals surface area contributed by atoms with Crippen LogP contribution in [0.5, 0.6) is 0 Å². The summed E-state index contributed by atoms with van der Waals surface area (Å²) in [6, 6.07) is 18.1. The lowest BCUT2D eigenvalue weighted by Crippen LogP contribution is -2.22. The summed E-state index contributed by atoms with van der Waals surface area (Å²) in [4.78, 5) is 0. The second-order valence-electron chi connectivity index (χ2n) is 6.98. The Morgan fingerprint density at radius 1 is 1.14 bits per heavy atom. The lowest BCUT2D eigenvalue weighted by atomic mass is 10.1. The zero-order chi connectivity index (χ0) is 19.7. The fraction of sp³-hybridized carbons (Fsp3) is 0.182. The number of anilines is 1. The molecule has 140 valence electrons. The van der Waals surface area contributed by atoms with Crippen LogP contribution in [0.25, 0.3) is 22.2 Å². The Morgan fingerprint density at radius 3 is 2.79 bits per heavy atom. The summed E-state index contributed by atoms with van der Waals surface area (Å²) in [5.74, 6) is 0. The summed E-state index contributed by atoms with van der Waals surface area (Å²) >= 11 is 6.14. The number of hydrogen-bond donors (Lipinski definition) is 1. The van der Waals surface area contributed by atoms with Crippen LogP contribution < -0.4 is 5.32 Å². The van der Waals surface area contributed by atoms with Gasteiger partial charge in [0.1, 0.15) is 6.07 Å². The maximum atomic E-state index is 9.00. The summed E-state index contributed by atoms with van der Waals surface area (Å²) in [5.41, 5.74) is 4.52. The zero-order valence-electron chi connectivity index (χ0n) is 15.7. The SMILES string of the molecule is C[C@@H](Cn1ccc(-c2ccc(C#N)c(Cl)c2)n1)Nc1ccc2c(ccn2C)c1. The largest absolute Gasteiger partial charge is 0.381 e. The van der Waals surface area contributed by atoms with Crippen LogP contribution >= 0.6 is 11.6 Å². The van der Waals surface area contributed by atoms with E-state index in [1.165, 1.54) is 10.9 Å². The van der Waals surface area contributed by atoms with Crippen LogP contribution in [0.1, 0.15) is 12.5 Å². The number of fused-ring (bicyclic) bond motifs is 1. The van der Waals surface area contributed by atoms with Gasteiger partial charge in [-0.2, -0.15) is 10.4 Å². The van der Waals surface area contributed by atoms with E-state index in [4.69, 9.17) is 16.9 Å². The van der Waals surface area contributed by atoms with Crippen molar-refractivity contribution in [2.75, 3.05) is 5.32 Å². The summed E-state index contributed by atoms with van der Waals surface area (Å²) in [7, 11) is 2.05. The van der Waals surface area contributed by atoms with Crippen molar-refractivity contribution < 1.29 is 0 Å². The van der Waals surface area contributed by atoms with Gasteiger partial charge in [0.05, 0.1) is 22.8 Å². The van der Waals surface area contributed by atoms with Crippen LogP contribution in [0.15, 0.2) is 60.9 Å². The predicted octanol–water partition coefficient (Wildman–Crippen LogP) is 5.07. The molecule has 0 amide bonds. The number of nitrogens with zero attached hydrogens (tertiary/aromatic N) is 4. The fourth-order valence-corrected chi connectivity index (χ4v) is 3.59. The van der Waals surface area contributed by atoms with Crippen molar-refractivity contribution in [1.29, 1.82) is 5.26 Å². The first-order valence-electron chi connectivity index (χ1n) is 9.08. The maximum absolute atomic E-state index is 9.00. The highest BCUT2D eigenvalue weighted by Crippen LogP contribution is 2.24. The molecule has 4 rings (SSSR count). The normalized spacial score (nSPS) is 12.1. The molecule has 0 aliphatic rings. The molecule has 0 unspecified atom stereocenters. The predicted molar refractivity (Wildman–Crippen MR) is 113 cm³/mol. The summed E-state index contributed by atoms with van der Waals surface area (Å²) in [6.45, 7) is 2.87. The standard InChI is InChI=1S/C22H20ClN5/c1-15(25-19-5-6-22-17(11-19)7-9-27(22)2)14-28-10-8-21(26-28)16-3-4-18(13-24)20(23)12-16/h3-12,15,25H,14H2,1-2H3/t15-/m0/s1. The number of aromatic nitrogens is 3. The average Bonchev–Trinajstić information content (AvgIpc) is 3.28. The molecule has 0 aliphatic carbocycles. The van der Waals surface area contributed by atoms with E-state index in [0.717, 1.165) is 23.5 Å². The molecular formula is C22H20ClN5. The molecule has 2 heterocycles. The second kappa shape index (κ2) is 7.41. The van der Waals surface area contributed by atoms with Crippen molar-refractivity contribution in [2.45, 2.75) is 19.5 Å². The van der Waals surface area contributed by atoms with Gasteiger partial charge in [-0.25, -0.2) is 0 Å². The number of nitriles is 1. The molecule has 1 N–H and O–H groups in total. The van der Waals surface area contributed by atoms with E-state index in [9.17, 15) is 0 Å². The van der Waals surface area contributed by atoms with E-state index in [2.05, 4.69) is 58.4 Å². The maximum Gasteiger partial charge on any atom is 0.101 e. The van der Waals surface area contributed by atoms with E-state index >= 15 is 0 Å². The molecule has 0 spiro atoms. The topological polar surface area (TPSA) is 58.6 Å². The van der Waals surface area contributed by atoms with Gasteiger partial charge in [0, 0.05) is 47.6 Å². The third-order valence-electron chi connectivity index (χ3n) is 4.79. The Balaban J connectivity index is 1.45. The first-order chi connectivity index (χ1) is 13.5. The van der Waals surface area contributed by atoms with Gasteiger partial charge in [0.2, 0.25) is 0 Å². The number of benzene rings is 2. The van der Waals surface area contributed by atoms with Crippen LogP contribution in [-0.4, -0.2) is 20.4 Å². The molecule has 0 bridgehead atoms. The Kier molecular flexibility index (Phi) is 4.81. The number of rotatable bonds is 5. The second-order valence-corrected chi connectivity index (χ2v) is 7.38. The third kappa shape index (κ3) is 3.60. The molecule has 0 saturated heterocycles. The van der Waals surface area contributed by atoms with Crippen molar-refractivity contribution in [3.05, 3.63) is 71.5 Å². The van der Waals surface area contributed by atoms with Crippen LogP contribution in [-0.2, 0) is 13.6 Å². The summed E-state index contributed by atoms with van der Waals surface area (Å²) in [6.07, 6.45) is 4.03. The first-order valence-corrected chi connectivity index (χ1v) is 9.46. The van der Waals surface area contributed by atoms with Crippen LogP contribution in [0, 0.1) is 11.3 Å². The molecule has 4 aromatic rings. The molecule has 2 aromatic heterocycles. The minimum atomic E-state index is 0.207. The quantitative estimate of drug-likeness (QED) is 0.518. The smallest absolute Gasteiger partial charge is 0.101 e. The highest BCUT2D eigenvalue weighted by molar-refractivity contribution is 6.32. The van der Waals surface area contributed by atoms with Crippen molar-refractivity contribution in [1.82, 2.24) is 14.3 Å². The monoisotopic (exact) mass is 389 g/mol. The van der Waals surface area contributed by atoms with E-state index in [1.807, 2.05) is 30.1 Å². The molecule has 0 aliphatic heterocycles. The van der Waals surface area contributed by atoms with Gasteiger partial charge in [0.15, 0.2) is 0 Å². The molecule has 1 atom stereocenters. The van der Waals surface area contributed by atoms with Gasteiger partial charge in [-0.3, -0.25) is 4.68 Å². The molecule has 2 aromatic carbocycles. The lowest BCUT2D eigenvalue weighted by molar-refractivity contribution is 0.562. The van der Waals surface area contributed by atoms with Crippen molar-refractivity contribution in [2.24, 2.45) is 7.05 Å². The molecule has 6 heteroatoms. The first kappa shape index (κ1) is 18.1. The van der Waals surface area contributed by atoms with Crippen LogP contribution in [0.3, 0.4) is 0 Å². The Morgan fingerprint density at radius 2 is 2.00 bits per heavy atom. The van der Waals surface area contributed by atoms with Gasteiger partial charge >= 0.3 is 0 Å². The number of nitrogens with one attached hydrogen (secondary N) is 1. The van der Waals surface area contributed by atoms with Gasteiger partial charge in [-0.1, -0.05) is 17.7 Å². The molecule has 0 fully saturated rings. The highest BCUT2D eigenvalue weighted by atomic mass is 35.5. The molecular weight excluding hydrogens is 370 g/mol. The molecule has 0 radical (unpaired) electrons.